The summed E-state index contributed by atoms with van der Waals surface area (Å²) in [5.74, 6) is -0.161. The summed E-state index contributed by atoms with van der Waals surface area (Å²) < 4.78 is 0. The molecule has 5 nitrogen and oxygen atoms in total. The Morgan fingerprint density at radius 3 is 2.60 bits per heavy atom. The number of nitrogens with zero attached hydrogens (tertiary/aromatic N) is 2. The van der Waals surface area contributed by atoms with Crippen LogP contribution >= 0.6 is 11.3 Å². The molecule has 1 aliphatic rings. The van der Waals surface area contributed by atoms with Crippen LogP contribution in [0.3, 0.4) is 0 Å². The van der Waals surface area contributed by atoms with Crippen LogP contribution < -0.4 is 0 Å². The van der Waals surface area contributed by atoms with Gasteiger partial charge in [-0.25, -0.2) is 4.98 Å². The average molecular weight is 228 g/mol. The zero-order valence-electron chi connectivity index (χ0n) is 8.25. The Labute approximate surface area is 91.0 Å². The molecule has 2 N–H and O–H groups in total. The van der Waals surface area contributed by atoms with E-state index in [0.717, 1.165) is 0 Å². The first-order valence-corrected chi connectivity index (χ1v) is 5.53. The highest BCUT2D eigenvalue weighted by atomic mass is 32.1. The topological polar surface area (TPSA) is 73.7 Å². The van der Waals surface area contributed by atoms with Crippen molar-refractivity contribution < 1.29 is 15.0 Å². The van der Waals surface area contributed by atoms with Crippen molar-refractivity contribution in [3.63, 3.8) is 0 Å². The summed E-state index contributed by atoms with van der Waals surface area (Å²) in [6.07, 6.45) is -1.66. The summed E-state index contributed by atoms with van der Waals surface area (Å²) in [4.78, 5) is 17.9. The van der Waals surface area contributed by atoms with Gasteiger partial charge in [-0.3, -0.25) is 4.79 Å². The van der Waals surface area contributed by atoms with E-state index in [1.165, 1.54) is 16.2 Å². The maximum absolute atomic E-state index is 11.9. The number of carbonyl (C=O) groups excluding carboxylic acids is 1. The molecule has 82 valence electrons. The van der Waals surface area contributed by atoms with Crippen LogP contribution in [0, 0.1) is 6.92 Å². The number of aryl methyl sites for hydroxylation is 1. The van der Waals surface area contributed by atoms with E-state index in [-0.39, 0.29) is 19.0 Å². The normalized spacial score (nSPS) is 25.9. The molecular weight excluding hydrogens is 216 g/mol. The summed E-state index contributed by atoms with van der Waals surface area (Å²) in [6.45, 7) is 2.15. The van der Waals surface area contributed by atoms with E-state index in [4.69, 9.17) is 0 Å². The molecule has 0 spiro atoms. The van der Waals surface area contributed by atoms with Crippen molar-refractivity contribution in [2.75, 3.05) is 13.1 Å². The summed E-state index contributed by atoms with van der Waals surface area (Å²) in [5.41, 5.74) is 2.31. The number of aliphatic hydroxyl groups excluding tert-OH is 2. The Morgan fingerprint density at radius 2 is 2.13 bits per heavy atom. The average Bonchev–Trinajstić information content (AvgIpc) is 2.74. The number of aliphatic hydroxyl groups is 2. The van der Waals surface area contributed by atoms with Crippen LogP contribution in [0.5, 0.6) is 0 Å². The van der Waals surface area contributed by atoms with E-state index in [1.54, 1.807) is 12.4 Å². The minimum absolute atomic E-state index is 0.161. The number of amides is 1. The van der Waals surface area contributed by atoms with Gasteiger partial charge in [-0.2, -0.15) is 0 Å². The molecule has 0 saturated carbocycles. The van der Waals surface area contributed by atoms with Crippen LogP contribution in [-0.4, -0.2) is 51.3 Å². The summed E-state index contributed by atoms with van der Waals surface area (Å²) in [6, 6.07) is 0. The second-order valence-electron chi connectivity index (χ2n) is 3.61. The third-order valence-corrected chi connectivity index (χ3v) is 3.40. The summed E-state index contributed by atoms with van der Waals surface area (Å²) in [5, 5.41) is 18.7. The second-order valence-corrected chi connectivity index (χ2v) is 4.47. The van der Waals surface area contributed by atoms with E-state index >= 15 is 0 Å². The van der Waals surface area contributed by atoms with Crippen LogP contribution in [0.4, 0.5) is 0 Å². The zero-order chi connectivity index (χ0) is 11.0. The molecular formula is C9H12N2O3S. The fourth-order valence-electron chi connectivity index (χ4n) is 1.59. The van der Waals surface area contributed by atoms with E-state index in [9.17, 15) is 15.0 Å². The van der Waals surface area contributed by atoms with Gasteiger partial charge in [0.1, 0.15) is 4.88 Å². The standard InChI is InChI=1S/C9H12N2O3S/c1-5-8(15-4-10-5)9(14)11-2-6(12)7(13)3-11/h4,6-7,12-13H,2-3H2,1H3/t6-,7+. The first-order valence-electron chi connectivity index (χ1n) is 4.65. The minimum atomic E-state index is -0.831. The zero-order valence-corrected chi connectivity index (χ0v) is 9.07. The maximum atomic E-state index is 11.9. The van der Waals surface area contributed by atoms with Gasteiger partial charge in [0.05, 0.1) is 23.4 Å². The molecule has 0 bridgehead atoms. The summed E-state index contributed by atoms with van der Waals surface area (Å²) in [7, 11) is 0. The van der Waals surface area contributed by atoms with Gasteiger partial charge < -0.3 is 15.1 Å². The molecule has 6 heteroatoms. The first kappa shape index (κ1) is 10.5. The lowest BCUT2D eigenvalue weighted by Crippen LogP contribution is -2.29. The Kier molecular flexibility index (Phi) is 2.72. The lowest BCUT2D eigenvalue weighted by atomic mass is 10.3. The van der Waals surface area contributed by atoms with Gasteiger partial charge in [0.25, 0.3) is 5.91 Å². The van der Waals surface area contributed by atoms with Gasteiger partial charge in [0.15, 0.2) is 0 Å². The molecule has 1 aromatic rings. The smallest absolute Gasteiger partial charge is 0.266 e. The van der Waals surface area contributed by atoms with Gasteiger partial charge in [-0.15, -0.1) is 11.3 Å². The Bertz CT molecular complexity index is 369. The molecule has 2 heterocycles. The van der Waals surface area contributed by atoms with Gasteiger partial charge in [-0.05, 0) is 6.92 Å². The monoisotopic (exact) mass is 228 g/mol. The van der Waals surface area contributed by atoms with Crippen molar-refractivity contribution in [2.24, 2.45) is 0 Å². The molecule has 2 rings (SSSR count). The van der Waals surface area contributed by atoms with E-state index in [2.05, 4.69) is 4.98 Å². The number of thiazole rings is 1. The highest BCUT2D eigenvalue weighted by Gasteiger charge is 2.33. The number of β-amino-alcohol motifs (C(OH)–C–C–N with tert-alkyl or cyclic N) is 2. The Morgan fingerprint density at radius 1 is 1.53 bits per heavy atom. The maximum Gasteiger partial charge on any atom is 0.266 e. The van der Waals surface area contributed by atoms with Crippen LogP contribution in [0.2, 0.25) is 0 Å². The highest BCUT2D eigenvalue weighted by molar-refractivity contribution is 7.11. The van der Waals surface area contributed by atoms with E-state index < -0.39 is 12.2 Å². The number of hydrogen-bond donors (Lipinski definition) is 2. The van der Waals surface area contributed by atoms with E-state index in [1.807, 2.05) is 0 Å². The summed E-state index contributed by atoms with van der Waals surface area (Å²) >= 11 is 1.28. The van der Waals surface area contributed by atoms with Crippen molar-refractivity contribution in [1.82, 2.24) is 9.88 Å². The third-order valence-electron chi connectivity index (χ3n) is 2.49. The first-order chi connectivity index (χ1) is 7.09. The number of aromatic nitrogens is 1. The fourth-order valence-corrected chi connectivity index (χ4v) is 2.36. The largest absolute Gasteiger partial charge is 0.388 e. The van der Waals surface area contributed by atoms with Crippen LogP contribution in [-0.2, 0) is 0 Å². The molecule has 1 saturated heterocycles. The van der Waals surface area contributed by atoms with Crippen molar-refractivity contribution in [2.45, 2.75) is 19.1 Å². The Hall–Kier alpha value is -0.980. The molecule has 1 aliphatic heterocycles. The van der Waals surface area contributed by atoms with Crippen molar-refractivity contribution in [1.29, 1.82) is 0 Å². The van der Waals surface area contributed by atoms with Crippen LogP contribution in [0.1, 0.15) is 15.4 Å². The van der Waals surface area contributed by atoms with Crippen LogP contribution in [0.15, 0.2) is 5.51 Å². The molecule has 1 amide bonds. The molecule has 0 aromatic carbocycles. The predicted molar refractivity (Wildman–Crippen MR) is 54.8 cm³/mol. The highest BCUT2D eigenvalue weighted by Crippen LogP contribution is 2.19. The molecule has 0 unspecified atom stereocenters. The quantitative estimate of drug-likeness (QED) is 0.687. The predicted octanol–water partition coefficient (Wildman–Crippen LogP) is -0.371. The number of hydrogen-bond acceptors (Lipinski definition) is 5. The number of likely N-dealkylation sites (tertiary alicyclic amines) is 1. The van der Waals surface area contributed by atoms with Gasteiger partial charge in [-0.1, -0.05) is 0 Å². The molecule has 2 atom stereocenters. The van der Waals surface area contributed by atoms with Gasteiger partial charge in [0.2, 0.25) is 0 Å². The minimum Gasteiger partial charge on any atom is -0.388 e. The van der Waals surface area contributed by atoms with Gasteiger partial charge in [0, 0.05) is 13.1 Å². The van der Waals surface area contributed by atoms with Crippen molar-refractivity contribution in [3.05, 3.63) is 16.1 Å². The molecule has 0 radical (unpaired) electrons. The van der Waals surface area contributed by atoms with Gasteiger partial charge >= 0.3 is 0 Å². The van der Waals surface area contributed by atoms with Crippen molar-refractivity contribution in [3.8, 4) is 0 Å². The van der Waals surface area contributed by atoms with Crippen molar-refractivity contribution >= 4 is 17.2 Å². The molecule has 0 aliphatic carbocycles. The Balaban J connectivity index is 2.13. The van der Waals surface area contributed by atoms with Crippen LogP contribution in [0.25, 0.3) is 0 Å². The lowest BCUT2D eigenvalue weighted by molar-refractivity contribution is 0.0572. The number of carbonyl (C=O) groups is 1. The SMILES string of the molecule is Cc1ncsc1C(=O)N1C[C@@H](O)[C@@H](O)C1. The number of rotatable bonds is 1. The molecule has 1 aromatic heterocycles. The second kappa shape index (κ2) is 3.88. The third kappa shape index (κ3) is 1.88. The van der Waals surface area contributed by atoms with E-state index in [0.29, 0.717) is 10.6 Å². The lowest BCUT2D eigenvalue weighted by Gasteiger charge is -2.13. The fraction of sp³-hybridized carbons (Fsp3) is 0.556. The molecule has 1 fully saturated rings. The molecule has 15 heavy (non-hydrogen) atoms.